The molecule has 0 unspecified atom stereocenters. The highest BCUT2D eigenvalue weighted by Gasteiger charge is 2.16. The molecule has 8 heteroatoms. The Balaban J connectivity index is 2.08. The lowest BCUT2D eigenvalue weighted by Gasteiger charge is -1.81. The topological polar surface area (TPSA) is 93.5 Å². The number of hydrogen-bond donors (Lipinski definition) is 1. The quantitative estimate of drug-likeness (QED) is 0.717. The number of imidazole rings is 1. The number of thiazole rings is 1. The number of fused-ring (bicyclic) bond motifs is 1. The number of aromatic carboxylic acids is 1. The van der Waals surface area contributed by atoms with Crippen molar-refractivity contribution in [2.45, 2.75) is 0 Å². The van der Waals surface area contributed by atoms with Gasteiger partial charge in [-0.3, -0.25) is 4.40 Å². The van der Waals surface area contributed by atoms with E-state index in [2.05, 4.69) is 19.6 Å². The molecule has 7 nitrogen and oxygen atoms in total. The van der Waals surface area contributed by atoms with E-state index in [1.54, 1.807) is 10.6 Å². The van der Waals surface area contributed by atoms with Crippen molar-refractivity contribution >= 4 is 22.3 Å². The molecule has 0 saturated carbocycles. The van der Waals surface area contributed by atoms with Gasteiger partial charge < -0.3 is 9.63 Å². The first-order chi connectivity index (χ1) is 7.74. The molecule has 0 aliphatic carbocycles. The van der Waals surface area contributed by atoms with E-state index < -0.39 is 11.9 Å². The first-order valence-corrected chi connectivity index (χ1v) is 5.11. The highest BCUT2D eigenvalue weighted by Crippen LogP contribution is 2.18. The molecule has 80 valence electrons. The Hall–Kier alpha value is -2.22. The highest BCUT2D eigenvalue weighted by atomic mass is 32.1. The third-order valence-corrected chi connectivity index (χ3v) is 2.70. The van der Waals surface area contributed by atoms with Crippen molar-refractivity contribution < 1.29 is 14.4 Å². The molecule has 3 rings (SSSR count). The first kappa shape index (κ1) is 9.04. The lowest BCUT2D eigenvalue weighted by molar-refractivity contribution is 0.0643. The SMILES string of the molecule is O=C(O)c1nc(-c2cn3ccsc3n2)no1. The van der Waals surface area contributed by atoms with Crippen LogP contribution >= 0.6 is 11.3 Å². The number of carboxylic acids is 1. The maximum Gasteiger partial charge on any atom is 0.394 e. The van der Waals surface area contributed by atoms with Gasteiger partial charge in [-0.1, -0.05) is 5.16 Å². The Bertz CT molecular complexity index is 639. The van der Waals surface area contributed by atoms with Crippen LogP contribution in [0.25, 0.3) is 16.5 Å². The highest BCUT2D eigenvalue weighted by molar-refractivity contribution is 7.15. The van der Waals surface area contributed by atoms with Gasteiger partial charge in [0, 0.05) is 17.8 Å². The minimum atomic E-state index is -1.25. The van der Waals surface area contributed by atoms with Crippen molar-refractivity contribution in [1.82, 2.24) is 19.5 Å². The Labute approximate surface area is 92.0 Å². The molecule has 0 radical (unpaired) electrons. The smallest absolute Gasteiger partial charge is 0.394 e. The average Bonchev–Trinajstić information content (AvgIpc) is 2.91. The lowest BCUT2D eigenvalue weighted by atomic mass is 10.4. The van der Waals surface area contributed by atoms with Crippen molar-refractivity contribution in [1.29, 1.82) is 0 Å². The van der Waals surface area contributed by atoms with Crippen molar-refractivity contribution in [3.63, 3.8) is 0 Å². The van der Waals surface area contributed by atoms with E-state index in [-0.39, 0.29) is 5.82 Å². The number of rotatable bonds is 2. The molecule has 0 saturated heterocycles. The zero-order valence-corrected chi connectivity index (χ0v) is 8.51. The van der Waals surface area contributed by atoms with Gasteiger partial charge in [0.15, 0.2) is 4.96 Å². The molecule has 3 aromatic heterocycles. The van der Waals surface area contributed by atoms with Crippen LogP contribution in [-0.2, 0) is 0 Å². The summed E-state index contributed by atoms with van der Waals surface area (Å²) >= 11 is 1.47. The summed E-state index contributed by atoms with van der Waals surface area (Å²) in [4.78, 5) is 19.3. The van der Waals surface area contributed by atoms with Crippen LogP contribution in [-0.4, -0.2) is 30.6 Å². The summed E-state index contributed by atoms with van der Waals surface area (Å²) in [7, 11) is 0. The molecule has 3 heterocycles. The molecule has 16 heavy (non-hydrogen) atoms. The predicted molar refractivity (Wildman–Crippen MR) is 53.3 cm³/mol. The number of aromatic nitrogens is 4. The van der Waals surface area contributed by atoms with Gasteiger partial charge in [0.25, 0.3) is 0 Å². The minimum Gasteiger partial charge on any atom is -0.474 e. The normalized spacial score (nSPS) is 11.0. The maximum absolute atomic E-state index is 10.5. The Morgan fingerprint density at radius 3 is 3.06 bits per heavy atom. The van der Waals surface area contributed by atoms with Crippen molar-refractivity contribution in [2.75, 3.05) is 0 Å². The van der Waals surface area contributed by atoms with E-state index in [1.165, 1.54) is 11.3 Å². The number of nitrogens with zero attached hydrogens (tertiary/aromatic N) is 4. The van der Waals surface area contributed by atoms with Gasteiger partial charge in [-0.2, -0.15) is 4.98 Å². The van der Waals surface area contributed by atoms with Gasteiger partial charge in [0.1, 0.15) is 5.69 Å². The molecule has 0 spiro atoms. The molecule has 0 amide bonds. The van der Waals surface area contributed by atoms with Crippen molar-refractivity contribution in [3.05, 3.63) is 23.7 Å². The minimum absolute atomic E-state index is 0.174. The summed E-state index contributed by atoms with van der Waals surface area (Å²) in [6.45, 7) is 0. The molecular formula is C8H4N4O3S. The van der Waals surface area contributed by atoms with Crippen LogP contribution in [0, 0.1) is 0 Å². The van der Waals surface area contributed by atoms with E-state index in [0.717, 1.165) is 4.96 Å². The van der Waals surface area contributed by atoms with E-state index in [4.69, 9.17) is 5.11 Å². The molecular weight excluding hydrogens is 232 g/mol. The third-order valence-electron chi connectivity index (χ3n) is 1.93. The summed E-state index contributed by atoms with van der Waals surface area (Å²) in [5.41, 5.74) is 0.489. The predicted octanol–water partition coefficient (Wildman–Crippen LogP) is 1.14. The molecule has 0 aliphatic heterocycles. The van der Waals surface area contributed by atoms with Gasteiger partial charge in [0.05, 0.1) is 0 Å². The average molecular weight is 236 g/mol. The molecule has 1 N–H and O–H groups in total. The molecule has 0 atom stereocenters. The first-order valence-electron chi connectivity index (χ1n) is 4.23. The Kier molecular flexibility index (Phi) is 1.77. The zero-order chi connectivity index (χ0) is 11.1. The Morgan fingerprint density at radius 2 is 2.38 bits per heavy atom. The van der Waals surface area contributed by atoms with Crippen molar-refractivity contribution in [3.8, 4) is 11.5 Å². The van der Waals surface area contributed by atoms with Crippen LogP contribution in [0.15, 0.2) is 22.3 Å². The second kappa shape index (κ2) is 3.14. The van der Waals surface area contributed by atoms with E-state index >= 15 is 0 Å². The number of hydrogen-bond acceptors (Lipinski definition) is 6. The second-order valence-corrected chi connectivity index (χ2v) is 3.82. The van der Waals surface area contributed by atoms with E-state index in [1.807, 2.05) is 11.6 Å². The number of carbonyl (C=O) groups is 1. The fourth-order valence-electron chi connectivity index (χ4n) is 1.25. The fourth-order valence-corrected chi connectivity index (χ4v) is 1.95. The monoisotopic (exact) mass is 236 g/mol. The lowest BCUT2D eigenvalue weighted by Crippen LogP contribution is -1.95. The molecule has 0 bridgehead atoms. The van der Waals surface area contributed by atoms with Crippen LogP contribution in [0.1, 0.15) is 10.7 Å². The van der Waals surface area contributed by atoms with Crippen molar-refractivity contribution in [2.24, 2.45) is 0 Å². The summed E-state index contributed by atoms with van der Waals surface area (Å²) in [5, 5.41) is 14.1. The zero-order valence-electron chi connectivity index (χ0n) is 7.69. The standard InChI is InChI=1S/C8H4N4O3S/c13-7(14)6-10-5(11-15-6)4-3-12-1-2-16-8(12)9-4/h1-3H,(H,13,14). The summed E-state index contributed by atoms with van der Waals surface area (Å²) < 4.78 is 6.35. The van der Waals surface area contributed by atoms with Gasteiger partial charge in [0.2, 0.25) is 5.82 Å². The van der Waals surface area contributed by atoms with Crippen LogP contribution in [0.2, 0.25) is 0 Å². The second-order valence-electron chi connectivity index (χ2n) is 2.95. The van der Waals surface area contributed by atoms with E-state index in [9.17, 15) is 4.79 Å². The Morgan fingerprint density at radius 1 is 1.50 bits per heavy atom. The van der Waals surface area contributed by atoms with Crippen LogP contribution in [0.5, 0.6) is 0 Å². The van der Waals surface area contributed by atoms with E-state index in [0.29, 0.717) is 5.69 Å². The van der Waals surface area contributed by atoms with Gasteiger partial charge in [-0.15, -0.1) is 11.3 Å². The molecule has 0 aliphatic rings. The third kappa shape index (κ3) is 1.27. The number of carboxylic acid groups (broad SMARTS) is 1. The van der Waals surface area contributed by atoms with Gasteiger partial charge in [-0.25, -0.2) is 9.78 Å². The molecule has 0 fully saturated rings. The molecule has 3 aromatic rings. The largest absolute Gasteiger partial charge is 0.474 e. The maximum atomic E-state index is 10.5. The summed E-state index contributed by atoms with van der Waals surface area (Å²) in [6.07, 6.45) is 3.55. The summed E-state index contributed by atoms with van der Waals surface area (Å²) in [5.74, 6) is -1.51. The fraction of sp³-hybridized carbons (Fsp3) is 0. The van der Waals surface area contributed by atoms with Crippen LogP contribution < -0.4 is 0 Å². The van der Waals surface area contributed by atoms with Crippen LogP contribution in [0.4, 0.5) is 0 Å². The van der Waals surface area contributed by atoms with Gasteiger partial charge in [-0.05, 0) is 0 Å². The molecule has 0 aromatic carbocycles. The van der Waals surface area contributed by atoms with Gasteiger partial charge >= 0.3 is 11.9 Å². The summed E-state index contributed by atoms with van der Waals surface area (Å²) in [6, 6.07) is 0. The van der Waals surface area contributed by atoms with Crippen LogP contribution in [0.3, 0.4) is 0 Å².